The van der Waals surface area contributed by atoms with Crippen LogP contribution in [0.15, 0.2) is 77.5 Å². The van der Waals surface area contributed by atoms with Crippen LogP contribution in [0.2, 0.25) is 0 Å². The van der Waals surface area contributed by atoms with Gasteiger partial charge in [-0.2, -0.15) is 4.31 Å². The first-order chi connectivity index (χ1) is 17.3. The second-order valence-electron chi connectivity index (χ2n) is 8.54. The summed E-state index contributed by atoms with van der Waals surface area (Å²) in [5.41, 5.74) is 2.00. The van der Waals surface area contributed by atoms with E-state index in [2.05, 4.69) is 6.58 Å². The molecule has 0 N–H and O–H groups in total. The summed E-state index contributed by atoms with van der Waals surface area (Å²) < 4.78 is 39.2. The van der Waals surface area contributed by atoms with Gasteiger partial charge in [0.05, 0.1) is 24.6 Å². The number of aryl methyl sites for hydroxylation is 1. The van der Waals surface area contributed by atoms with Crippen LogP contribution in [-0.2, 0) is 21.2 Å². The highest BCUT2D eigenvalue weighted by Crippen LogP contribution is 2.34. The summed E-state index contributed by atoms with van der Waals surface area (Å²) in [7, 11) is -2.28. The van der Waals surface area contributed by atoms with Gasteiger partial charge in [-0.3, -0.25) is 4.79 Å². The van der Waals surface area contributed by atoms with Gasteiger partial charge in [0.15, 0.2) is 0 Å². The zero-order valence-electron chi connectivity index (χ0n) is 20.4. The molecule has 1 amide bonds. The molecule has 0 aliphatic carbocycles. The normalized spacial score (nSPS) is 15.4. The fourth-order valence-electron chi connectivity index (χ4n) is 4.23. The molecule has 4 rings (SSSR count). The minimum absolute atomic E-state index is 0.0322. The van der Waals surface area contributed by atoms with Gasteiger partial charge < -0.3 is 14.4 Å². The Morgan fingerprint density at radius 3 is 2.67 bits per heavy atom. The lowest BCUT2D eigenvalue weighted by molar-refractivity contribution is -0.135. The molecule has 1 atom stereocenters. The molecule has 1 unspecified atom stereocenters. The third-order valence-corrected chi connectivity index (χ3v) is 8.99. The highest BCUT2D eigenvalue weighted by Gasteiger charge is 2.35. The number of benzene rings is 2. The second-order valence-corrected chi connectivity index (χ2v) is 11.5. The molecule has 0 saturated heterocycles. The van der Waals surface area contributed by atoms with Crippen molar-refractivity contribution >= 4 is 27.3 Å². The Bertz CT molecular complexity index is 1320. The molecule has 2 aromatic carbocycles. The minimum Gasteiger partial charge on any atom is -0.497 e. The monoisotopic (exact) mass is 526 g/mol. The summed E-state index contributed by atoms with van der Waals surface area (Å²) in [6.07, 6.45) is 2.22. The number of hydrogen-bond donors (Lipinski definition) is 0. The average Bonchev–Trinajstić information content (AvgIpc) is 3.36. The molecule has 1 aliphatic heterocycles. The lowest BCUT2D eigenvalue weighted by Crippen LogP contribution is -2.47. The van der Waals surface area contributed by atoms with Gasteiger partial charge in [-0.1, -0.05) is 29.8 Å². The fraction of sp³-hybridized carbons (Fsp3) is 0.296. The zero-order chi connectivity index (χ0) is 25.7. The molecule has 3 aromatic rings. The number of hydrogen-bond acceptors (Lipinski definition) is 6. The van der Waals surface area contributed by atoms with Crippen molar-refractivity contribution in [3.05, 3.63) is 88.6 Å². The van der Waals surface area contributed by atoms with Gasteiger partial charge in [-0.15, -0.1) is 17.9 Å². The Morgan fingerprint density at radius 2 is 1.94 bits per heavy atom. The number of rotatable bonds is 10. The van der Waals surface area contributed by atoms with Crippen LogP contribution in [0.1, 0.15) is 22.0 Å². The molecular weight excluding hydrogens is 496 g/mol. The largest absolute Gasteiger partial charge is 0.497 e. The fourth-order valence-corrected chi connectivity index (χ4v) is 6.52. The van der Waals surface area contributed by atoms with Crippen LogP contribution < -0.4 is 9.47 Å². The molecule has 0 saturated carbocycles. The van der Waals surface area contributed by atoms with Crippen LogP contribution in [0.5, 0.6) is 11.5 Å². The van der Waals surface area contributed by atoms with Crippen molar-refractivity contribution in [3.63, 3.8) is 0 Å². The summed E-state index contributed by atoms with van der Waals surface area (Å²) in [6, 6.07) is 15.6. The highest BCUT2D eigenvalue weighted by atomic mass is 32.2. The van der Waals surface area contributed by atoms with E-state index in [1.54, 1.807) is 53.7 Å². The van der Waals surface area contributed by atoms with E-state index in [0.29, 0.717) is 18.0 Å². The van der Waals surface area contributed by atoms with Crippen LogP contribution in [0, 0.1) is 6.92 Å². The summed E-state index contributed by atoms with van der Waals surface area (Å²) in [4.78, 5) is 16.7. The van der Waals surface area contributed by atoms with Crippen LogP contribution in [0.3, 0.4) is 0 Å². The maximum atomic E-state index is 13.6. The van der Waals surface area contributed by atoms with Crippen molar-refractivity contribution in [1.29, 1.82) is 0 Å². The summed E-state index contributed by atoms with van der Waals surface area (Å²) >= 11 is 1.66. The van der Waals surface area contributed by atoms with E-state index in [9.17, 15) is 13.2 Å². The third-order valence-electron chi connectivity index (χ3n) is 6.17. The number of nitrogens with zero attached hydrogens (tertiary/aromatic N) is 2. The van der Waals surface area contributed by atoms with E-state index in [1.807, 2.05) is 36.6 Å². The van der Waals surface area contributed by atoms with Crippen molar-refractivity contribution in [2.24, 2.45) is 0 Å². The van der Waals surface area contributed by atoms with E-state index < -0.39 is 10.0 Å². The first-order valence-electron chi connectivity index (χ1n) is 11.6. The zero-order valence-corrected chi connectivity index (χ0v) is 22.1. The van der Waals surface area contributed by atoms with Gasteiger partial charge in [0, 0.05) is 24.0 Å². The van der Waals surface area contributed by atoms with Crippen molar-refractivity contribution in [1.82, 2.24) is 9.21 Å². The van der Waals surface area contributed by atoms with Crippen LogP contribution in [0.4, 0.5) is 0 Å². The van der Waals surface area contributed by atoms with Crippen molar-refractivity contribution in [2.45, 2.75) is 24.3 Å². The number of carbonyl (C=O) groups excluding carboxylic acids is 1. The van der Waals surface area contributed by atoms with E-state index in [0.717, 1.165) is 17.5 Å². The number of methoxy groups -OCH3 is 1. The number of thiophene rings is 1. The number of carbonyl (C=O) groups is 1. The lowest BCUT2D eigenvalue weighted by Gasteiger charge is -2.36. The maximum Gasteiger partial charge on any atom is 0.243 e. The Labute approximate surface area is 216 Å². The Morgan fingerprint density at radius 1 is 1.19 bits per heavy atom. The van der Waals surface area contributed by atoms with Gasteiger partial charge in [-0.25, -0.2) is 8.42 Å². The smallest absolute Gasteiger partial charge is 0.243 e. The molecule has 2 heterocycles. The molecule has 1 aliphatic rings. The first kappa shape index (κ1) is 25.9. The summed E-state index contributed by atoms with van der Waals surface area (Å²) in [5.74, 6) is 1.05. The molecule has 0 fully saturated rings. The molecular formula is C27H30N2O5S2. The molecule has 190 valence electrons. The molecule has 0 radical (unpaired) electrons. The standard InChI is InChI=1S/C27H30N2O5S2/c1-4-14-28(36(31,32)23-10-8-20(2)9-11-23)18-27(30)29-15-12-26-24(13-16-35-26)25(29)19-34-22-7-5-6-21(17-22)33-3/h4-11,13,16-17,25H,1,12,14-15,18-19H2,2-3H3. The van der Waals surface area contributed by atoms with Gasteiger partial charge >= 0.3 is 0 Å². The predicted octanol–water partition coefficient (Wildman–Crippen LogP) is 4.45. The summed E-state index contributed by atoms with van der Waals surface area (Å²) in [5, 5.41) is 2.02. The Balaban J connectivity index is 1.56. The maximum absolute atomic E-state index is 13.6. The number of fused-ring (bicyclic) bond motifs is 1. The Hall–Kier alpha value is -3.14. The first-order valence-corrected chi connectivity index (χ1v) is 14.0. The minimum atomic E-state index is -3.87. The van der Waals surface area contributed by atoms with E-state index >= 15 is 0 Å². The van der Waals surface area contributed by atoms with Crippen LogP contribution in [0.25, 0.3) is 0 Å². The number of ether oxygens (including phenoxy) is 2. The van der Waals surface area contributed by atoms with E-state index in [4.69, 9.17) is 9.47 Å². The molecule has 36 heavy (non-hydrogen) atoms. The van der Waals surface area contributed by atoms with Gasteiger partial charge in [0.1, 0.15) is 18.1 Å². The second kappa shape index (κ2) is 11.3. The third kappa shape index (κ3) is 5.64. The number of amides is 1. The molecule has 0 spiro atoms. The van der Waals surface area contributed by atoms with Crippen molar-refractivity contribution in [3.8, 4) is 11.5 Å². The molecule has 7 nitrogen and oxygen atoms in total. The van der Waals surface area contributed by atoms with E-state index in [-0.39, 0.29) is 36.5 Å². The molecule has 0 bridgehead atoms. The average molecular weight is 527 g/mol. The highest BCUT2D eigenvalue weighted by molar-refractivity contribution is 7.89. The van der Waals surface area contributed by atoms with Crippen LogP contribution >= 0.6 is 11.3 Å². The van der Waals surface area contributed by atoms with Crippen molar-refractivity contribution in [2.75, 3.05) is 33.4 Å². The number of sulfonamides is 1. The van der Waals surface area contributed by atoms with Crippen LogP contribution in [-0.4, -0.2) is 56.9 Å². The molecule has 9 heteroatoms. The van der Waals surface area contributed by atoms with Gasteiger partial charge in [-0.05, 0) is 54.6 Å². The van der Waals surface area contributed by atoms with E-state index in [1.165, 1.54) is 15.3 Å². The SMILES string of the molecule is C=CCN(CC(=O)N1CCc2sccc2C1COc1cccc(OC)c1)S(=O)(=O)c1ccc(C)cc1. The van der Waals surface area contributed by atoms with Gasteiger partial charge in [0.2, 0.25) is 15.9 Å². The predicted molar refractivity (Wildman–Crippen MR) is 141 cm³/mol. The lowest BCUT2D eigenvalue weighted by atomic mass is 10.0. The van der Waals surface area contributed by atoms with Crippen molar-refractivity contribution < 1.29 is 22.7 Å². The molecule has 1 aromatic heterocycles. The Kier molecular flexibility index (Phi) is 8.13. The summed E-state index contributed by atoms with van der Waals surface area (Å²) in [6.45, 7) is 6.08. The quantitative estimate of drug-likeness (QED) is 0.365. The topological polar surface area (TPSA) is 76.2 Å². The van der Waals surface area contributed by atoms with Gasteiger partial charge in [0.25, 0.3) is 0 Å².